The standard InChI is InChI=1S/C23H28N2O7/c1-23(2)9-16-14(17(27)10-23)8-15(22(29)25-16)21(28)24-11-13(26)12-32-20-18(30-3)6-5-7-19(20)31-4/h5-8,13,26H,9-12H2,1-4H3,(H,24,28)(H,25,29). The van der Waals surface area contributed by atoms with E-state index in [0.717, 1.165) is 0 Å². The van der Waals surface area contributed by atoms with Gasteiger partial charge >= 0.3 is 0 Å². The van der Waals surface area contributed by atoms with Crippen LogP contribution in [0.3, 0.4) is 0 Å². The highest BCUT2D eigenvalue weighted by Crippen LogP contribution is 2.37. The molecule has 0 saturated carbocycles. The Morgan fingerprint density at radius 2 is 1.84 bits per heavy atom. The average Bonchev–Trinajstić information content (AvgIpc) is 2.74. The quantitative estimate of drug-likeness (QED) is 0.566. The molecule has 0 saturated heterocycles. The Morgan fingerprint density at radius 3 is 2.47 bits per heavy atom. The van der Waals surface area contributed by atoms with Gasteiger partial charge in [0.1, 0.15) is 18.3 Å². The molecule has 3 rings (SSSR count). The minimum Gasteiger partial charge on any atom is -0.493 e. The third kappa shape index (κ3) is 5.11. The monoisotopic (exact) mass is 444 g/mol. The van der Waals surface area contributed by atoms with Crippen molar-refractivity contribution in [2.24, 2.45) is 5.41 Å². The molecule has 0 spiro atoms. The van der Waals surface area contributed by atoms with Crippen LogP contribution in [0.15, 0.2) is 29.1 Å². The molecule has 0 fully saturated rings. The number of hydrogen-bond acceptors (Lipinski definition) is 7. The number of carbonyl (C=O) groups is 2. The van der Waals surface area contributed by atoms with Crippen molar-refractivity contribution in [1.29, 1.82) is 0 Å². The number of hydrogen-bond donors (Lipinski definition) is 3. The van der Waals surface area contributed by atoms with Crippen LogP contribution in [0, 0.1) is 5.41 Å². The number of ketones is 1. The first-order valence-electron chi connectivity index (χ1n) is 10.2. The molecular weight excluding hydrogens is 416 g/mol. The van der Waals surface area contributed by atoms with Crippen molar-refractivity contribution >= 4 is 11.7 Å². The van der Waals surface area contributed by atoms with Crippen LogP contribution in [0.2, 0.25) is 0 Å². The number of carbonyl (C=O) groups excluding carboxylic acids is 2. The summed E-state index contributed by atoms with van der Waals surface area (Å²) in [6.45, 7) is 3.60. The zero-order valence-electron chi connectivity index (χ0n) is 18.6. The van der Waals surface area contributed by atoms with Gasteiger partial charge < -0.3 is 29.6 Å². The number of Topliss-reactive ketones (excluding diaryl/α,β-unsaturated/α-hetero) is 1. The van der Waals surface area contributed by atoms with Gasteiger partial charge in [-0.3, -0.25) is 14.4 Å². The number of aliphatic hydroxyl groups excluding tert-OH is 1. The molecule has 1 aliphatic carbocycles. The van der Waals surface area contributed by atoms with Gasteiger partial charge in [0.15, 0.2) is 17.3 Å². The summed E-state index contributed by atoms with van der Waals surface area (Å²) in [7, 11) is 2.97. The maximum Gasteiger partial charge on any atom is 0.261 e. The van der Waals surface area contributed by atoms with Gasteiger partial charge in [-0.15, -0.1) is 0 Å². The lowest BCUT2D eigenvalue weighted by Gasteiger charge is -2.29. The van der Waals surface area contributed by atoms with E-state index in [4.69, 9.17) is 14.2 Å². The predicted octanol–water partition coefficient (Wildman–Crippen LogP) is 1.72. The Kier molecular flexibility index (Phi) is 6.88. The predicted molar refractivity (Wildman–Crippen MR) is 117 cm³/mol. The van der Waals surface area contributed by atoms with Gasteiger partial charge in [0.25, 0.3) is 11.5 Å². The number of ether oxygens (including phenoxy) is 3. The normalized spacial score (nSPS) is 15.5. The van der Waals surface area contributed by atoms with Crippen molar-refractivity contribution in [2.75, 3.05) is 27.4 Å². The molecule has 0 bridgehead atoms. The van der Waals surface area contributed by atoms with E-state index >= 15 is 0 Å². The Labute approximate surface area is 185 Å². The third-order valence-corrected chi connectivity index (χ3v) is 5.26. The Bertz CT molecular complexity index is 1050. The molecular formula is C23H28N2O7. The fraction of sp³-hybridized carbons (Fsp3) is 0.435. The maximum absolute atomic E-state index is 12.5. The number of methoxy groups -OCH3 is 2. The summed E-state index contributed by atoms with van der Waals surface area (Å²) < 4.78 is 16.1. The van der Waals surface area contributed by atoms with E-state index in [0.29, 0.717) is 41.3 Å². The van der Waals surface area contributed by atoms with Crippen LogP contribution >= 0.6 is 0 Å². The van der Waals surface area contributed by atoms with Crippen molar-refractivity contribution in [1.82, 2.24) is 10.3 Å². The first kappa shape index (κ1) is 23.3. The molecule has 2 aromatic rings. The molecule has 3 N–H and O–H groups in total. The largest absolute Gasteiger partial charge is 0.493 e. The van der Waals surface area contributed by atoms with Crippen molar-refractivity contribution in [2.45, 2.75) is 32.8 Å². The Morgan fingerprint density at radius 1 is 1.19 bits per heavy atom. The highest BCUT2D eigenvalue weighted by Gasteiger charge is 2.32. The van der Waals surface area contributed by atoms with Crippen LogP contribution in [0.1, 0.15) is 46.7 Å². The molecule has 172 valence electrons. The first-order chi connectivity index (χ1) is 15.1. The molecule has 32 heavy (non-hydrogen) atoms. The smallest absolute Gasteiger partial charge is 0.261 e. The number of amides is 1. The van der Waals surface area contributed by atoms with Gasteiger partial charge in [-0.25, -0.2) is 0 Å². The number of nitrogens with one attached hydrogen (secondary N) is 2. The van der Waals surface area contributed by atoms with Crippen LogP contribution < -0.4 is 25.1 Å². The summed E-state index contributed by atoms with van der Waals surface area (Å²) in [6.07, 6.45) is -0.170. The molecule has 0 radical (unpaired) electrons. The second kappa shape index (κ2) is 9.44. The molecule has 9 nitrogen and oxygen atoms in total. The van der Waals surface area contributed by atoms with Crippen LogP contribution in [0.4, 0.5) is 0 Å². The van der Waals surface area contributed by atoms with E-state index in [1.165, 1.54) is 20.3 Å². The summed E-state index contributed by atoms with van der Waals surface area (Å²) in [6, 6.07) is 6.46. The van der Waals surface area contributed by atoms with Gasteiger partial charge in [-0.05, 0) is 30.0 Å². The van der Waals surface area contributed by atoms with Gasteiger partial charge in [0.2, 0.25) is 5.75 Å². The third-order valence-electron chi connectivity index (χ3n) is 5.26. The Balaban J connectivity index is 1.64. The number of benzene rings is 1. The van der Waals surface area contributed by atoms with E-state index in [-0.39, 0.29) is 29.9 Å². The molecule has 1 aromatic carbocycles. The van der Waals surface area contributed by atoms with Crippen LogP contribution in [0.25, 0.3) is 0 Å². The molecule has 1 atom stereocenters. The highest BCUT2D eigenvalue weighted by molar-refractivity contribution is 6.02. The number of pyridine rings is 1. The molecule has 1 amide bonds. The number of fused-ring (bicyclic) bond motifs is 1. The molecule has 1 aromatic heterocycles. The number of rotatable bonds is 8. The second-order valence-corrected chi connectivity index (χ2v) is 8.51. The van der Waals surface area contributed by atoms with Gasteiger partial charge in [0, 0.05) is 24.2 Å². The number of aromatic amines is 1. The fourth-order valence-electron chi connectivity index (χ4n) is 3.70. The zero-order chi connectivity index (χ0) is 23.5. The van der Waals surface area contributed by atoms with Gasteiger partial charge in [0.05, 0.1) is 14.2 Å². The molecule has 0 aliphatic heterocycles. The second-order valence-electron chi connectivity index (χ2n) is 8.51. The summed E-state index contributed by atoms with van der Waals surface area (Å²) in [4.78, 5) is 40.1. The van der Waals surface area contributed by atoms with E-state index in [2.05, 4.69) is 10.3 Å². The zero-order valence-corrected chi connectivity index (χ0v) is 18.6. The molecule has 1 aliphatic rings. The van der Waals surface area contributed by atoms with Crippen LogP contribution in [-0.4, -0.2) is 55.3 Å². The van der Waals surface area contributed by atoms with E-state index < -0.39 is 17.6 Å². The molecule has 1 unspecified atom stereocenters. The van der Waals surface area contributed by atoms with E-state index in [1.807, 2.05) is 13.8 Å². The summed E-state index contributed by atoms with van der Waals surface area (Å²) in [5.74, 6) is 0.417. The number of H-pyrrole nitrogens is 1. The lowest BCUT2D eigenvalue weighted by molar-refractivity contribution is 0.0832. The Hall–Kier alpha value is -3.33. The van der Waals surface area contributed by atoms with Crippen molar-refractivity contribution in [3.8, 4) is 17.2 Å². The summed E-state index contributed by atoms with van der Waals surface area (Å²) in [5, 5.41) is 12.7. The van der Waals surface area contributed by atoms with E-state index in [1.54, 1.807) is 18.2 Å². The molecule has 1 heterocycles. The summed E-state index contributed by atoms with van der Waals surface area (Å²) >= 11 is 0. The minimum atomic E-state index is -1.06. The lowest BCUT2D eigenvalue weighted by atomic mass is 9.75. The molecule has 9 heteroatoms. The van der Waals surface area contributed by atoms with Crippen LogP contribution in [0.5, 0.6) is 17.2 Å². The average molecular weight is 444 g/mol. The highest BCUT2D eigenvalue weighted by atomic mass is 16.5. The van der Waals surface area contributed by atoms with E-state index in [9.17, 15) is 19.5 Å². The van der Waals surface area contributed by atoms with Crippen molar-refractivity contribution in [3.63, 3.8) is 0 Å². The SMILES string of the molecule is COc1cccc(OC)c1OCC(O)CNC(=O)c1cc2c([nH]c1=O)CC(C)(C)CC2=O. The van der Waals surface area contributed by atoms with Crippen molar-refractivity contribution in [3.05, 3.63) is 51.4 Å². The first-order valence-corrected chi connectivity index (χ1v) is 10.2. The maximum atomic E-state index is 12.5. The number of para-hydroxylation sites is 1. The number of aromatic nitrogens is 1. The van der Waals surface area contributed by atoms with Gasteiger partial charge in [-0.2, -0.15) is 0 Å². The topological polar surface area (TPSA) is 127 Å². The van der Waals surface area contributed by atoms with Crippen molar-refractivity contribution < 1.29 is 28.9 Å². The lowest BCUT2D eigenvalue weighted by Crippen LogP contribution is -2.38. The minimum absolute atomic E-state index is 0.110. The fourth-order valence-corrected chi connectivity index (χ4v) is 3.70. The number of aliphatic hydroxyl groups is 1. The summed E-state index contributed by atoms with van der Waals surface area (Å²) in [5.41, 5.74) is -0.0776. The van der Waals surface area contributed by atoms with Crippen LogP contribution in [-0.2, 0) is 6.42 Å². The van der Waals surface area contributed by atoms with Gasteiger partial charge in [-0.1, -0.05) is 19.9 Å².